The van der Waals surface area contributed by atoms with E-state index in [4.69, 9.17) is 23.2 Å². The van der Waals surface area contributed by atoms with E-state index >= 15 is 0 Å². The van der Waals surface area contributed by atoms with Crippen molar-refractivity contribution in [2.45, 2.75) is 37.5 Å². The number of sulfone groups is 1. The van der Waals surface area contributed by atoms with Crippen molar-refractivity contribution in [3.05, 3.63) is 28.2 Å². The molecular formula is C16H18Cl2N2O3S2. The van der Waals surface area contributed by atoms with Crippen molar-refractivity contribution in [3.63, 3.8) is 0 Å². The predicted octanol–water partition coefficient (Wildman–Crippen LogP) is 3.79. The zero-order chi connectivity index (χ0) is 18.2. The SMILES string of the molecule is CCCCC(=O)N=C1S[C@H]2CS(=O)(=O)C[C@H]2N1c1ccc(Cl)cc1Cl. The maximum atomic E-state index is 12.1. The van der Waals surface area contributed by atoms with Gasteiger partial charge in [-0.3, -0.25) is 4.79 Å². The number of fused-ring (bicyclic) bond motifs is 1. The lowest BCUT2D eigenvalue weighted by Gasteiger charge is -2.25. The Morgan fingerprint density at radius 3 is 2.80 bits per heavy atom. The van der Waals surface area contributed by atoms with E-state index in [0.717, 1.165) is 12.8 Å². The Bertz CT molecular complexity index is 827. The monoisotopic (exact) mass is 420 g/mol. The molecule has 25 heavy (non-hydrogen) atoms. The minimum Gasteiger partial charge on any atom is -0.314 e. The van der Waals surface area contributed by atoms with Crippen LogP contribution in [0.25, 0.3) is 0 Å². The quantitative estimate of drug-likeness (QED) is 0.740. The summed E-state index contributed by atoms with van der Waals surface area (Å²) in [5, 5.41) is 1.28. The summed E-state index contributed by atoms with van der Waals surface area (Å²) in [5.74, 6) is -0.0693. The van der Waals surface area contributed by atoms with Crippen LogP contribution in [0.4, 0.5) is 5.69 Å². The molecule has 2 aliphatic rings. The third-order valence-electron chi connectivity index (χ3n) is 4.20. The summed E-state index contributed by atoms with van der Waals surface area (Å²) < 4.78 is 24.1. The van der Waals surface area contributed by atoms with Crippen molar-refractivity contribution < 1.29 is 13.2 Å². The van der Waals surface area contributed by atoms with Gasteiger partial charge in [0.2, 0.25) is 5.91 Å². The number of thioether (sulfide) groups is 1. The third-order valence-corrected chi connectivity index (χ3v) is 7.95. The van der Waals surface area contributed by atoms with Gasteiger partial charge in [0.05, 0.1) is 28.3 Å². The summed E-state index contributed by atoms with van der Waals surface area (Å²) in [6.45, 7) is 2.01. The lowest BCUT2D eigenvalue weighted by molar-refractivity contribution is -0.117. The normalized spacial score (nSPS) is 26.2. The Hall–Kier alpha value is -0.760. The molecule has 2 fully saturated rings. The van der Waals surface area contributed by atoms with Crippen molar-refractivity contribution in [2.75, 3.05) is 16.4 Å². The molecule has 2 aliphatic heterocycles. The highest BCUT2D eigenvalue weighted by Crippen LogP contribution is 2.43. The Labute approximate surface area is 161 Å². The van der Waals surface area contributed by atoms with E-state index in [1.807, 2.05) is 6.92 Å². The van der Waals surface area contributed by atoms with Crippen molar-refractivity contribution in [3.8, 4) is 0 Å². The molecule has 0 spiro atoms. The first-order chi connectivity index (χ1) is 11.8. The average Bonchev–Trinajstić information content (AvgIpc) is 2.97. The van der Waals surface area contributed by atoms with Gasteiger partial charge in [-0.15, -0.1) is 0 Å². The summed E-state index contributed by atoms with van der Waals surface area (Å²) in [4.78, 5) is 18.2. The Balaban J connectivity index is 1.98. The summed E-state index contributed by atoms with van der Waals surface area (Å²) in [7, 11) is -3.11. The van der Waals surface area contributed by atoms with Gasteiger partial charge in [0, 0.05) is 16.7 Å². The number of hydrogen-bond acceptors (Lipinski definition) is 4. The van der Waals surface area contributed by atoms with Crippen LogP contribution in [0.15, 0.2) is 23.2 Å². The van der Waals surface area contributed by atoms with Crippen LogP contribution in [0.5, 0.6) is 0 Å². The molecular weight excluding hydrogens is 403 g/mol. The molecule has 0 aliphatic carbocycles. The maximum absolute atomic E-state index is 12.1. The molecule has 136 valence electrons. The second kappa shape index (κ2) is 7.47. The largest absolute Gasteiger partial charge is 0.314 e. The highest BCUT2D eigenvalue weighted by Gasteiger charge is 2.49. The van der Waals surface area contributed by atoms with Gasteiger partial charge < -0.3 is 4.90 Å². The van der Waals surface area contributed by atoms with E-state index in [2.05, 4.69) is 4.99 Å². The van der Waals surface area contributed by atoms with Crippen molar-refractivity contribution >= 4 is 61.6 Å². The number of anilines is 1. The number of aliphatic imine (C=N–C) groups is 1. The molecule has 2 atom stereocenters. The number of unbranched alkanes of at least 4 members (excludes halogenated alkanes) is 1. The summed E-state index contributed by atoms with van der Waals surface area (Å²) in [6.07, 6.45) is 2.08. The number of carbonyl (C=O) groups excluding carboxylic acids is 1. The maximum Gasteiger partial charge on any atom is 0.248 e. The second-order valence-corrected chi connectivity index (χ2v) is 10.4. The first kappa shape index (κ1) is 19.0. The van der Waals surface area contributed by atoms with Gasteiger partial charge in [0.25, 0.3) is 0 Å². The van der Waals surface area contributed by atoms with E-state index in [1.165, 1.54) is 11.8 Å². The van der Waals surface area contributed by atoms with E-state index in [1.54, 1.807) is 23.1 Å². The molecule has 1 aromatic rings. The van der Waals surface area contributed by atoms with Gasteiger partial charge >= 0.3 is 0 Å². The zero-order valence-corrected chi connectivity index (χ0v) is 16.8. The fourth-order valence-corrected chi connectivity index (χ4v) is 7.44. The number of amides is 1. The number of rotatable bonds is 4. The van der Waals surface area contributed by atoms with Gasteiger partial charge in [-0.05, 0) is 24.6 Å². The van der Waals surface area contributed by atoms with E-state index < -0.39 is 9.84 Å². The molecule has 1 aromatic carbocycles. The topological polar surface area (TPSA) is 66.8 Å². The van der Waals surface area contributed by atoms with Crippen LogP contribution in [0.1, 0.15) is 26.2 Å². The molecule has 0 aromatic heterocycles. The molecule has 5 nitrogen and oxygen atoms in total. The summed E-state index contributed by atoms with van der Waals surface area (Å²) >= 11 is 13.6. The van der Waals surface area contributed by atoms with Crippen LogP contribution in [0.3, 0.4) is 0 Å². The first-order valence-electron chi connectivity index (χ1n) is 8.03. The van der Waals surface area contributed by atoms with Crippen LogP contribution in [0.2, 0.25) is 10.0 Å². The third kappa shape index (κ3) is 4.15. The molecule has 0 N–H and O–H groups in total. The molecule has 0 saturated carbocycles. The van der Waals surface area contributed by atoms with Gasteiger partial charge in [-0.1, -0.05) is 48.3 Å². The van der Waals surface area contributed by atoms with Crippen molar-refractivity contribution in [1.29, 1.82) is 0 Å². The molecule has 3 rings (SSSR count). The molecule has 1 amide bonds. The van der Waals surface area contributed by atoms with E-state index in [-0.39, 0.29) is 28.7 Å². The zero-order valence-electron chi connectivity index (χ0n) is 13.6. The fraction of sp³-hybridized carbons (Fsp3) is 0.500. The minimum atomic E-state index is -3.11. The molecule has 9 heteroatoms. The Kier molecular flexibility index (Phi) is 5.68. The van der Waals surface area contributed by atoms with Crippen LogP contribution >= 0.6 is 35.0 Å². The Morgan fingerprint density at radius 2 is 2.12 bits per heavy atom. The van der Waals surface area contributed by atoms with Crippen molar-refractivity contribution in [2.24, 2.45) is 4.99 Å². The number of amidine groups is 1. The smallest absolute Gasteiger partial charge is 0.248 e. The van der Waals surface area contributed by atoms with Gasteiger partial charge in [-0.25, -0.2) is 8.42 Å². The number of carbonyl (C=O) groups is 1. The van der Waals surface area contributed by atoms with Gasteiger partial charge in [0.1, 0.15) is 0 Å². The molecule has 0 unspecified atom stereocenters. The highest BCUT2D eigenvalue weighted by molar-refractivity contribution is 8.16. The molecule has 2 saturated heterocycles. The first-order valence-corrected chi connectivity index (χ1v) is 11.5. The number of halogens is 2. The fourth-order valence-electron chi connectivity index (χ4n) is 3.01. The molecule has 2 heterocycles. The van der Waals surface area contributed by atoms with E-state index in [9.17, 15) is 13.2 Å². The van der Waals surface area contributed by atoms with Crippen LogP contribution < -0.4 is 4.90 Å². The Morgan fingerprint density at radius 1 is 1.36 bits per heavy atom. The number of hydrogen-bond donors (Lipinski definition) is 0. The number of benzene rings is 1. The van der Waals surface area contributed by atoms with Crippen LogP contribution in [-0.4, -0.2) is 42.3 Å². The highest BCUT2D eigenvalue weighted by atomic mass is 35.5. The molecule has 0 radical (unpaired) electrons. The minimum absolute atomic E-state index is 0.0335. The van der Waals surface area contributed by atoms with Crippen LogP contribution in [0, 0.1) is 0 Å². The van der Waals surface area contributed by atoms with E-state index in [0.29, 0.717) is 27.3 Å². The predicted molar refractivity (Wildman–Crippen MR) is 105 cm³/mol. The van der Waals surface area contributed by atoms with Crippen LogP contribution in [-0.2, 0) is 14.6 Å². The number of nitrogens with zero attached hydrogens (tertiary/aromatic N) is 2. The van der Waals surface area contributed by atoms with Gasteiger partial charge in [0.15, 0.2) is 15.0 Å². The lowest BCUT2D eigenvalue weighted by atomic mass is 10.2. The second-order valence-electron chi connectivity index (χ2n) is 6.16. The summed E-state index contributed by atoms with van der Waals surface area (Å²) in [5.41, 5.74) is 0.630. The molecule has 0 bridgehead atoms. The standard InChI is InChI=1S/C16H18Cl2N2O3S2/c1-2-3-4-15(21)19-16-20(12-6-5-10(17)7-11(12)18)13-8-25(22,23)9-14(13)24-16/h5-7,13-14H,2-4,8-9H2,1H3/t13-,14+/m1/s1. The lowest BCUT2D eigenvalue weighted by Crippen LogP contribution is -2.37. The summed E-state index contributed by atoms with van der Waals surface area (Å²) in [6, 6.07) is 4.77. The average molecular weight is 421 g/mol. The van der Waals surface area contributed by atoms with Gasteiger partial charge in [-0.2, -0.15) is 4.99 Å². The van der Waals surface area contributed by atoms with Crippen molar-refractivity contribution in [1.82, 2.24) is 0 Å².